The molecule has 0 aromatic heterocycles. The molecular formula is C22H26O8. The molecule has 8 heteroatoms. The number of ketones is 1. The zero-order valence-electron chi connectivity index (χ0n) is 18.0. The lowest BCUT2D eigenvalue weighted by molar-refractivity contribution is 0.0592. The Morgan fingerprint density at radius 2 is 1.43 bits per heavy atom. The number of carbonyl (C=O) groups excluding carboxylic acids is 2. The Bertz CT molecular complexity index is 920. The molecule has 0 fully saturated rings. The van der Waals surface area contributed by atoms with Crippen LogP contribution in [0.25, 0.3) is 0 Å². The Hall–Kier alpha value is -3.42. The van der Waals surface area contributed by atoms with Gasteiger partial charge in [0.05, 0.1) is 47.2 Å². The second-order valence-corrected chi connectivity index (χ2v) is 5.91. The summed E-state index contributed by atoms with van der Waals surface area (Å²) in [4.78, 5) is 26.1. The lowest BCUT2D eigenvalue weighted by atomic mass is 9.95. The van der Waals surface area contributed by atoms with Crippen molar-refractivity contribution in [2.75, 3.05) is 41.7 Å². The van der Waals surface area contributed by atoms with Crippen LogP contribution in [-0.2, 0) is 4.74 Å². The molecule has 0 radical (unpaired) electrons. The first-order valence-corrected chi connectivity index (χ1v) is 9.32. The van der Waals surface area contributed by atoms with Gasteiger partial charge in [0.1, 0.15) is 17.1 Å². The fourth-order valence-corrected chi connectivity index (χ4v) is 2.99. The van der Waals surface area contributed by atoms with E-state index in [0.29, 0.717) is 24.7 Å². The number of benzene rings is 2. The van der Waals surface area contributed by atoms with E-state index in [9.17, 15) is 9.59 Å². The van der Waals surface area contributed by atoms with Gasteiger partial charge in [-0.25, -0.2) is 4.79 Å². The fourth-order valence-electron chi connectivity index (χ4n) is 2.99. The van der Waals surface area contributed by atoms with Crippen molar-refractivity contribution >= 4 is 11.8 Å². The van der Waals surface area contributed by atoms with Crippen molar-refractivity contribution in [3.05, 3.63) is 41.0 Å². The summed E-state index contributed by atoms with van der Waals surface area (Å²) in [6.07, 6.45) is 0. The molecule has 162 valence electrons. The molecule has 0 atom stereocenters. The quantitative estimate of drug-likeness (QED) is 0.428. The van der Waals surface area contributed by atoms with Gasteiger partial charge >= 0.3 is 5.97 Å². The maximum atomic E-state index is 13.5. The van der Waals surface area contributed by atoms with Crippen LogP contribution in [-0.4, -0.2) is 53.4 Å². The Kier molecular flexibility index (Phi) is 7.91. The number of esters is 1. The van der Waals surface area contributed by atoms with Gasteiger partial charge in [-0.1, -0.05) is 0 Å². The van der Waals surface area contributed by atoms with Crippen LogP contribution in [0.2, 0.25) is 0 Å². The summed E-state index contributed by atoms with van der Waals surface area (Å²) in [5.41, 5.74) is 0.200. The van der Waals surface area contributed by atoms with Gasteiger partial charge < -0.3 is 28.4 Å². The summed E-state index contributed by atoms with van der Waals surface area (Å²) in [6.45, 7) is 4.40. The minimum Gasteiger partial charge on any atom is -0.496 e. The molecule has 0 aliphatic carbocycles. The number of rotatable bonds is 10. The van der Waals surface area contributed by atoms with Gasteiger partial charge in [0, 0.05) is 11.6 Å². The monoisotopic (exact) mass is 418 g/mol. The van der Waals surface area contributed by atoms with Crippen LogP contribution < -0.4 is 23.7 Å². The molecule has 0 N–H and O–H groups in total. The van der Waals surface area contributed by atoms with Crippen LogP contribution in [0, 0.1) is 0 Å². The van der Waals surface area contributed by atoms with Crippen LogP contribution in [0.5, 0.6) is 28.7 Å². The standard InChI is InChI=1S/C22H26O8/c1-7-29-13-9-10-14(16(11-13)25-3)19(23)15-12-17(26-4)20(30-8-2)21(27-5)18(15)22(24)28-6/h9-12H,7-8H2,1-6H3. The average Bonchev–Trinajstić information content (AvgIpc) is 2.77. The number of carbonyl (C=O) groups is 2. The molecule has 0 saturated heterocycles. The van der Waals surface area contributed by atoms with Crippen LogP contribution in [0.4, 0.5) is 0 Å². The topological polar surface area (TPSA) is 89.5 Å². The van der Waals surface area contributed by atoms with Gasteiger partial charge in [-0.3, -0.25) is 4.79 Å². The fraction of sp³-hybridized carbons (Fsp3) is 0.364. The lowest BCUT2D eigenvalue weighted by Gasteiger charge is -2.19. The van der Waals surface area contributed by atoms with Gasteiger partial charge in [0.2, 0.25) is 5.75 Å². The number of methoxy groups -OCH3 is 4. The smallest absolute Gasteiger partial charge is 0.342 e. The number of ether oxygens (including phenoxy) is 6. The molecule has 0 heterocycles. The number of hydrogen-bond acceptors (Lipinski definition) is 8. The Morgan fingerprint density at radius 3 is 1.97 bits per heavy atom. The molecule has 0 aliphatic heterocycles. The highest BCUT2D eigenvalue weighted by atomic mass is 16.5. The molecule has 0 bridgehead atoms. The third-order valence-electron chi connectivity index (χ3n) is 4.28. The van der Waals surface area contributed by atoms with Crippen LogP contribution in [0.1, 0.15) is 40.1 Å². The molecule has 2 aromatic carbocycles. The first-order chi connectivity index (χ1) is 14.5. The second-order valence-electron chi connectivity index (χ2n) is 5.91. The van der Waals surface area contributed by atoms with Crippen molar-refractivity contribution in [1.29, 1.82) is 0 Å². The van der Waals surface area contributed by atoms with Crippen LogP contribution >= 0.6 is 0 Å². The van der Waals surface area contributed by atoms with Crippen molar-refractivity contribution < 1.29 is 38.0 Å². The molecule has 30 heavy (non-hydrogen) atoms. The zero-order valence-corrected chi connectivity index (χ0v) is 18.0. The maximum absolute atomic E-state index is 13.5. The van der Waals surface area contributed by atoms with Gasteiger partial charge in [0.15, 0.2) is 17.3 Å². The molecule has 2 aromatic rings. The number of hydrogen-bond donors (Lipinski definition) is 0. The van der Waals surface area contributed by atoms with Crippen molar-refractivity contribution in [1.82, 2.24) is 0 Å². The van der Waals surface area contributed by atoms with E-state index < -0.39 is 11.8 Å². The largest absolute Gasteiger partial charge is 0.496 e. The minimum absolute atomic E-state index is 0.0291. The normalized spacial score (nSPS) is 10.2. The first kappa shape index (κ1) is 22.9. The zero-order chi connectivity index (χ0) is 22.3. The summed E-state index contributed by atoms with van der Waals surface area (Å²) in [5, 5.41) is 0. The van der Waals surface area contributed by atoms with Crippen LogP contribution in [0.3, 0.4) is 0 Å². The summed E-state index contributed by atoms with van der Waals surface area (Å²) in [7, 11) is 5.47. The molecule has 2 rings (SSSR count). The highest BCUT2D eigenvalue weighted by Gasteiger charge is 2.31. The van der Waals surface area contributed by atoms with Gasteiger partial charge in [-0.15, -0.1) is 0 Å². The summed E-state index contributed by atoms with van der Waals surface area (Å²) in [5.74, 6) is 0.136. The molecule has 8 nitrogen and oxygen atoms in total. The molecule has 0 unspecified atom stereocenters. The van der Waals surface area contributed by atoms with Crippen LogP contribution in [0.15, 0.2) is 24.3 Å². The predicted molar refractivity (Wildman–Crippen MR) is 110 cm³/mol. The van der Waals surface area contributed by atoms with Crippen molar-refractivity contribution in [2.45, 2.75) is 13.8 Å². The first-order valence-electron chi connectivity index (χ1n) is 9.32. The van der Waals surface area contributed by atoms with E-state index in [1.807, 2.05) is 6.92 Å². The Labute approximate surface area is 175 Å². The van der Waals surface area contributed by atoms with E-state index in [1.54, 1.807) is 25.1 Å². The SMILES string of the molecule is CCOc1ccc(C(=O)c2cc(OC)c(OCC)c(OC)c2C(=O)OC)c(OC)c1. The minimum atomic E-state index is -0.747. The van der Waals surface area contributed by atoms with E-state index in [4.69, 9.17) is 28.4 Å². The molecule has 0 saturated carbocycles. The Balaban J connectivity index is 2.76. The van der Waals surface area contributed by atoms with Gasteiger partial charge in [-0.2, -0.15) is 0 Å². The lowest BCUT2D eigenvalue weighted by Crippen LogP contribution is -2.15. The van der Waals surface area contributed by atoms with E-state index in [0.717, 1.165) is 0 Å². The van der Waals surface area contributed by atoms with E-state index in [1.165, 1.54) is 34.5 Å². The van der Waals surface area contributed by atoms with E-state index in [-0.39, 0.29) is 33.9 Å². The summed E-state index contributed by atoms with van der Waals surface area (Å²) < 4.78 is 32.1. The molecular weight excluding hydrogens is 392 g/mol. The van der Waals surface area contributed by atoms with Crippen molar-refractivity contribution in [3.8, 4) is 28.7 Å². The van der Waals surface area contributed by atoms with Crippen molar-refractivity contribution in [2.24, 2.45) is 0 Å². The summed E-state index contributed by atoms with van der Waals surface area (Å²) >= 11 is 0. The van der Waals surface area contributed by atoms with E-state index in [2.05, 4.69) is 0 Å². The second kappa shape index (κ2) is 10.4. The van der Waals surface area contributed by atoms with Gasteiger partial charge in [-0.05, 0) is 32.0 Å². The third-order valence-corrected chi connectivity index (χ3v) is 4.28. The van der Waals surface area contributed by atoms with Crippen molar-refractivity contribution in [3.63, 3.8) is 0 Å². The maximum Gasteiger partial charge on any atom is 0.342 e. The molecule has 0 aliphatic rings. The highest BCUT2D eigenvalue weighted by Crippen LogP contribution is 2.43. The molecule has 0 amide bonds. The van der Waals surface area contributed by atoms with E-state index >= 15 is 0 Å². The van der Waals surface area contributed by atoms with Gasteiger partial charge in [0.25, 0.3) is 0 Å². The summed E-state index contributed by atoms with van der Waals surface area (Å²) in [6, 6.07) is 6.26. The third kappa shape index (κ3) is 4.42. The Morgan fingerprint density at radius 1 is 0.767 bits per heavy atom. The predicted octanol–water partition coefficient (Wildman–Crippen LogP) is 3.53. The highest BCUT2D eigenvalue weighted by molar-refractivity contribution is 6.17. The average molecular weight is 418 g/mol. The molecule has 0 spiro atoms.